The Morgan fingerprint density at radius 1 is 1.10 bits per heavy atom. The first kappa shape index (κ1) is 19.0. The molecule has 3 fully saturated rings. The first-order valence-electron chi connectivity index (χ1n) is 8.05. The average molecular weight is 338 g/mol. The number of nitrogens with zero attached hydrogens (tertiary/aromatic N) is 2. The van der Waals surface area contributed by atoms with Crippen molar-refractivity contribution < 1.29 is 4.79 Å². The van der Waals surface area contributed by atoms with Gasteiger partial charge in [-0.05, 0) is 31.7 Å². The van der Waals surface area contributed by atoms with E-state index in [1.807, 2.05) is 0 Å². The second kappa shape index (κ2) is 8.56. The Labute approximate surface area is 140 Å². The Balaban J connectivity index is 0.00000110. The van der Waals surface area contributed by atoms with E-state index >= 15 is 0 Å². The van der Waals surface area contributed by atoms with Gasteiger partial charge in [0.05, 0.1) is 6.04 Å². The molecule has 124 valence electrons. The number of likely N-dealkylation sites (N-methyl/N-ethyl adjacent to an activating group) is 1. The number of carbonyl (C=O) groups excluding carboxylic acids is 1. The van der Waals surface area contributed by atoms with Gasteiger partial charge in [-0.25, -0.2) is 0 Å². The lowest BCUT2D eigenvalue weighted by Crippen LogP contribution is -2.53. The maximum absolute atomic E-state index is 12.6. The summed E-state index contributed by atoms with van der Waals surface area (Å²) in [6.07, 6.45) is 6.38. The third-order valence-electron chi connectivity index (χ3n) is 5.29. The minimum Gasteiger partial charge on any atom is -0.339 e. The molecular weight excluding hydrogens is 309 g/mol. The normalized spacial score (nSPS) is 32.8. The van der Waals surface area contributed by atoms with Crippen molar-refractivity contribution >= 4 is 30.7 Å². The van der Waals surface area contributed by atoms with E-state index in [1.165, 1.54) is 25.7 Å². The molecule has 3 atom stereocenters. The standard InChI is InChI=1S/C15H27N3O.2ClH/c1-2-17-7-9-18(10-8-17)15(19)14-11-12-5-3-4-6-13(12)16-14;;/h12-14,16H,2-11H2,1H3;2*1H. The number of halogens is 2. The number of hydrogen-bond acceptors (Lipinski definition) is 3. The molecule has 1 N–H and O–H groups in total. The Hall–Kier alpha value is -0.0300. The molecule has 2 heterocycles. The van der Waals surface area contributed by atoms with Gasteiger partial charge in [0.2, 0.25) is 5.91 Å². The summed E-state index contributed by atoms with van der Waals surface area (Å²) in [6.45, 7) is 7.22. The molecule has 0 aromatic heterocycles. The minimum absolute atomic E-state index is 0. The predicted octanol–water partition coefficient (Wildman–Crippen LogP) is 1.91. The molecule has 3 rings (SSSR count). The Morgan fingerprint density at radius 2 is 1.76 bits per heavy atom. The summed E-state index contributed by atoms with van der Waals surface area (Å²) in [5.74, 6) is 1.13. The van der Waals surface area contributed by atoms with E-state index in [2.05, 4.69) is 22.0 Å². The fourth-order valence-corrected chi connectivity index (χ4v) is 4.02. The van der Waals surface area contributed by atoms with Gasteiger partial charge in [0, 0.05) is 32.2 Å². The minimum atomic E-state index is 0. The zero-order valence-electron chi connectivity index (χ0n) is 12.9. The predicted molar refractivity (Wildman–Crippen MR) is 90.5 cm³/mol. The van der Waals surface area contributed by atoms with E-state index in [1.54, 1.807) is 0 Å². The zero-order chi connectivity index (χ0) is 13.2. The van der Waals surface area contributed by atoms with Crippen molar-refractivity contribution in [3.8, 4) is 0 Å². The van der Waals surface area contributed by atoms with Crippen LogP contribution in [-0.2, 0) is 4.79 Å². The Bertz CT molecular complexity index is 321. The molecule has 21 heavy (non-hydrogen) atoms. The molecule has 1 amide bonds. The molecule has 0 bridgehead atoms. The third-order valence-corrected chi connectivity index (χ3v) is 5.29. The molecule has 1 saturated carbocycles. The fraction of sp³-hybridized carbons (Fsp3) is 0.933. The van der Waals surface area contributed by atoms with Gasteiger partial charge in [-0.3, -0.25) is 4.79 Å². The molecule has 3 unspecified atom stereocenters. The lowest BCUT2D eigenvalue weighted by Gasteiger charge is -2.35. The van der Waals surface area contributed by atoms with Gasteiger partial charge < -0.3 is 15.1 Å². The number of rotatable bonds is 2. The number of amides is 1. The van der Waals surface area contributed by atoms with Crippen molar-refractivity contribution in [2.24, 2.45) is 5.92 Å². The first-order chi connectivity index (χ1) is 9.28. The molecular formula is C15H29Cl2N3O. The monoisotopic (exact) mass is 337 g/mol. The summed E-state index contributed by atoms with van der Waals surface area (Å²) >= 11 is 0. The number of hydrogen-bond donors (Lipinski definition) is 1. The molecule has 6 heteroatoms. The maximum Gasteiger partial charge on any atom is 0.239 e. The molecule has 1 aliphatic carbocycles. The third kappa shape index (κ3) is 4.25. The van der Waals surface area contributed by atoms with E-state index < -0.39 is 0 Å². The van der Waals surface area contributed by atoms with Gasteiger partial charge >= 0.3 is 0 Å². The van der Waals surface area contributed by atoms with Crippen LogP contribution in [0.4, 0.5) is 0 Å². The molecule has 3 aliphatic rings. The van der Waals surface area contributed by atoms with E-state index in [4.69, 9.17) is 0 Å². The lowest BCUT2D eigenvalue weighted by molar-refractivity contribution is -0.134. The SMILES string of the molecule is CCN1CCN(C(=O)C2CC3CCCCC3N2)CC1.Cl.Cl. The highest BCUT2D eigenvalue weighted by atomic mass is 35.5. The molecule has 4 nitrogen and oxygen atoms in total. The summed E-state index contributed by atoms with van der Waals surface area (Å²) in [5.41, 5.74) is 0. The van der Waals surface area contributed by atoms with Crippen molar-refractivity contribution in [2.75, 3.05) is 32.7 Å². The molecule has 0 aromatic carbocycles. The zero-order valence-corrected chi connectivity index (χ0v) is 14.6. The van der Waals surface area contributed by atoms with Crippen LogP contribution in [0.25, 0.3) is 0 Å². The van der Waals surface area contributed by atoms with Crippen LogP contribution in [0.2, 0.25) is 0 Å². The van der Waals surface area contributed by atoms with Crippen LogP contribution >= 0.6 is 24.8 Å². The second-order valence-electron chi connectivity index (χ2n) is 6.37. The summed E-state index contributed by atoms with van der Waals surface area (Å²) < 4.78 is 0. The first-order valence-corrected chi connectivity index (χ1v) is 8.05. The number of fused-ring (bicyclic) bond motifs is 1. The van der Waals surface area contributed by atoms with Crippen LogP contribution in [-0.4, -0.2) is 60.5 Å². The number of nitrogens with one attached hydrogen (secondary N) is 1. The Morgan fingerprint density at radius 3 is 2.38 bits per heavy atom. The molecule has 2 aliphatic heterocycles. The summed E-state index contributed by atoms with van der Waals surface area (Å²) in [7, 11) is 0. The fourth-order valence-electron chi connectivity index (χ4n) is 4.02. The van der Waals surface area contributed by atoms with Crippen molar-refractivity contribution in [3.05, 3.63) is 0 Å². The molecule has 2 saturated heterocycles. The van der Waals surface area contributed by atoms with Crippen molar-refractivity contribution in [1.82, 2.24) is 15.1 Å². The van der Waals surface area contributed by atoms with Crippen molar-refractivity contribution in [3.63, 3.8) is 0 Å². The average Bonchev–Trinajstić information content (AvgIpc) is 2.90. The number of carbonyl (C=O) groups is 1. The topological polar surface area (TPSA) is 35.6 Å². The molecule has 0 radical (unpaired) electrons. The van der Waals surface area contributed by atoms with E-state index in [-0.39, 0.29) is 30.9 Å². The highest BCUT2D eigenvalue weighted by Crippen LogP contribution is 2.33. The van der Waals surface area contributed by atoms with Gasteiger partial charge in [-0.15, -0.1) is 24.8 Å². The van der Waals surface area contributed by atoms with Gasteiger partial charge in [0.25, 0.3) is 0 Å². The van der Waals surface area contributed by atoms with Crippen LogP contribution in [0.1, 0.15) is 39.0 Å². The van der Waals surface area contributed by atoms with Crippen LogP contribution in [0.15, 0.2) is 0 Å². The largest absolute Gasteiger partial charge is 0.339 e. The van der Waals surface area contributed by atoms with Crippen LogP contribution in [0, 0.1) is 5.92 Å². The van der Waals surface area contributed by atoms with Gasteiger partial charge in [0.15, 0.2) is 0 Å². The Kier molecular flexibility index (Phi) is 7.75. The molecule has 0 aromatic rings. The van der Waals surface area contributed by atoms with Crippen molar-refractivity contribution in [2.45, 2.75) is 51.1 Å². The lowest BCUT2D eigenvalue weighted by atomic mass is 9.85. The van der Waals surface area contributed by atoms with E-state index in [0.717, 1.165) is 45.1 Å². The quantitative estimate of drug-likeness (QED) is 0.836. The summed E-state index contributed by atoms with van der Waals surface area (Å²) in [6, 6.07) is 0.737. The van der Waals surface area contributed by atoms with Gasteiger partial charge in [0.1, 0.15) is 0 Å². The van der Waals surface area contributed by atoms with Crippen LogP contribution in [0.3, 0.4) is 0 Å². The van der Waals surface area contributed by atoms with Gasteiger partial charge in [-0.2, -0.15) is 0 Å². The smallest absolute Gasteiger partial charge is 0.239 e. The highest BCUT2D eigenvalue weighted by Gasteiger charge is 2.39. The maximum atomic E-state index is 12.6. The number of piperazine rings is 1. The van der Waals surface area contributed by atoms with E-state index in [0.29, 0.717) is 11.9 Å². The van der Waals surface area contributed by atoms with E-state index in [9.17, 15) is 4.79 Å². The molecule has 0 spiro atoms. The van der Waals surface area contributed by atoms with Crippen LogP contribution < -0.4 is 5.32 Å². The van der Waals surface area contributed by atoms with Crippen LogP contribution in [0.5, 0.6) is 0 Å². The van der Waals surface area contributed by atoms with Crippen molar-refractivity contribution in [1.29, 1.82) is 0 Å². The summed E-state index contributed by atoms with van der Waals surface area (Å²) in [4.78, 5) is 17.1. The van der Waals surface area contributed by atoms with Gasteiger partial charge in [-0.1, -0.05) is 19.8 Å². The second-order valence-corrected chi connectivity index (χ2v) is 6.37. The summed E-state index contributed by atoms with van der Waals surface area (Å²) in [5, 5.41) is 3.61. The highest BCUT2D eigenvalue weighted by molar-refractivity contribution is 5.85.